The molecule has 1 aliphatic carbocycles. The molecule has 2 fully saturated rings. The molecule has 4 rings (SSSR count). The lowest BCUT2D eigenvalue weighted by Gasteiger charge is -2.34. The number of aromatic nitrogens is 4. The lowest BCUT2D eigenvalue weighted by Crippen LogP contribution is -2.51. The van der Waals surface area contributed by atoms with Crippen molar-refractivity contribution in [3.63, 3.8) is 0 Å². The zero-order chi connectivity index (χ0) is 17.4. The normalized spacial score (nSPS) is 19.1. The summed E-state index contributed by atoms with van der Waals surface area (Å²) in [5.41, 5.74) is 1.23. The number of carbonyl (C=O) groups is 1. The number of nitrogens with zero attached hydrogens (tertiary/aromatic N) is 6. The summed E-state index contributed by atoms with van der Waals surface area (Å²) in [6.07, 6.45) is 2.97. The van der Waals surface area contributed by atoms with Crippen LogP contribution in [0.25, 0.3) is 5.69 Å². The average molecular weight is 362 g/mol. The highest BCUT2D eigenvalue weighted by Gasteiger charge is 2.41. The van der Waals surface area contributed by atoms with Gasteiger partial charge < -0.3 is 4.90 Å². The van der Waals surface area contributed by atoms with E-state index in [0.717, 1.165) is 12.8 Å². The van der Waals surface area contributed by atoms with E-state index in [1.807, 2.05) is 6.07 Å². The van der Waals surface area contributed by atoms with Crippen LogP contribution in [0.4, 0.5) is 0 Å². The van der Waals surface area contributed by atoms with E-state index in [9.17, 15) is 13.2 Å². The highest BCUT2D eigenvalue weighted by Crippen LogP contribution is 2.31. The maximum Gasteiger partial charge on any atom is 0.254 e. The van der Waals surface area contributed by atoms with Gasteiger partial charge in [0.05, 0.1) is 10.9 Å². The van der Waals surface area contributed by atoms with E-state index >= 15 is 0 Å². The summed E-state index contributed by atoms with van der Waals surface area (Å²) < 4.78 is 27.5. The minimum absolute atomic E-state index is 0.113. The van der Waals surface area contributed by atoms with Crippen LogP contribution in [0, 0.1) is 0 Å². The second-order valence-corrected chi connectivity index (χ2v) is 8.45. The van der Waals surface area contributed by atoms with Crippen LogP contribution in [0.3, 0.4) is 0 Å². The molecule has 25 heavy (non-hydrogen) atoms. The van der Waals surface area contributed by atoms with E-state index in [-0.39, 0.29) is 11.2 Å². The summed E-state index contributed by atoms with van der Waals surface area (Å²) >= 11 is 0. The first-order chi connectivity index (χ1) is 12.1. The largest absolute Gasteiger partial charge is 0.336 e. The molecule has 0 bridgehead atoms. The monoisotopic (exact) mass is 362 g/mol. The fourth-order valence-corrected chi connectivity index (χ4v) is 4.79. The van der Waals surface area contributed by atoms with Crippen molar-refractivity contribution in [2.45, 2.75) is 18.1 Å². The smallest absolute Gasteiger partial charge is 0.254 e. The lowest BCUT2D eigenvalue weighted by atomic mass is 10.1. The SMILES string of the molecule is O=C(c1cccc(-n2cnnn2)c1)N1CCN(S(=O)(=O)C2CC2)CC1. The first kappa shape index (κ1) is 16.2. The molecule has 1 aromatic heterocycles. The first-order valence-electron chi connectivity index (χ1n) is 8.17. The Bertz CT molecular complexity index is 870. The number of tetrazole rings is 1. The predicted octanol–water partition coefficient (Wildman–Crippen LogP) is -0.0877. The third-order valence-electron chi connectivity index (χ3n) is 4.54. The van der Waals surface area contributed by atoms with Crippen molar-refractivity contribution >= 4 is 15.9 Å². The topological polar surface area (TPSA) is 101 Å². The van der Waals surface area contributed by atoms with Crippen molar-refractivity contribution < 1.29 is 13.2 Å². The van der Waals surface area contributed by atoms with Crippen LogP contribution in [0.2, 0.25) is 0 Å². The summed E-state index contributed by atoms with van der Waals surface area (Å²) in [5.74, 6) is -0.113. The van der Waals surface area contributed by atoms with Crippen LogP contribution in [-0.4, -0.2) is 75.2 Å². The van der Waals surface area contributed by atoms with Crippen molar-refractivity contribution in [1.29, 1.82) is 0 Å². The minimum atomic E-state index is -3.17. The number of hydrogen-bond acceptors (Lipinski definition) is 6. The second-order valence-electron chi connectivity index (χ2n) is 6.24. The Hall–Kier alpha value is -2.33. The number of carbonyl (C=O) groups excluding carboxylic acids is 1. The Labute approximate surface area is 145 Å². The molecule has 1 amide bonds. The standard InChI is InChI=1S/C15H18N6O3S/c22-15(12-2-1-3-13(10-12)21-11-16-17-18-21)19-6-8-20(9-7-19)25(23,24)14-4-5-14/h1-3,10-11,14H,4-9H2. The van der Waals surface area contributed by atoms with Gasteiger partial charge in [-0.3, -0.25) is 4.79 Å². The maximum atomic E-state index is 12.7. The van der Waals surface area contributed by atoms with Gasteiger partial charge in [-0.25, -0.2) is 13.1 Å². The van der Waals surface area contributed by atoms with Gasteiger partial charge >= 0.3 is 0 Å². The van der Waals surface area contributed by atoms with Crippen molar-refractivity contribution in [1.82, 2.24) is 29.4 Å². The highest BCUT2D eigenvalue weighted by molar-refractivity contribution is 7.90. The summed E-state index contributed by atoms with van der Waals surface area (Å²) in [6.45, 7) is 1.52. The van der Waals surface area contributed by atoms with Crippen LogP contribution < -0.4 is 0 Å². The lowest BCUT2D eigenvalue weighted by molar-refractivity contribution is 0.0698. The molecular formula is C15H18N6O3S. The Morgan fingerprint density at radius 2 is 1.88 bits per heavy atom. The molecule has 10 heteroatoms. The van der Waals surface area contributed by atoms with E-state index in [2.05, 4.69) is 15.5 Å². The van der Waals surface area contributed by atoms with E-state index in [1.165, 1.54) is 15.3 Å². The summed E-state index contributed by atoms with van der Waals surface area (Å²) in [7, 11) is -3.17. The Morgan fingerprint density at radius 1 is 1.12 bits per heavy atom. The van der Waals surface area contributed by atoms with Crippen LogP contribution in [-0.2, 0) is 10.0 Å². The fraction of sp³-hybridized carbons (Fsp3) is 0.467. The van der Waals surface area contributed by atoms with Gasteiger partial charge in [0, 0.05) is 31.7 Å². The molecule has 2 heterocycles. The average Bonchev–Trinajstić information content (AvgIpc) is 3.37. The van der Waals surface area contributed by atoms with Crippen molar-refractivity contribution in [3.05, 3.63) is 36.2 Å². The number of hydrogen-bond donors (Lipinski definition) is 0. The van der Waals surface area contributed by atoms with Crippen molar-refractivity contribution in [2.75, 3.05) is 26.2 Å². The van der Waals surface area contributed by atoms with Gasteiger partial charge in [0.25, 0.3) is 5.91 Å². The van der Waals surface area contributed by atoms with Crippen LogP contribution >= 0.6 is 0 Å². The van der Waals surface area contributed by atoms with E-state index < -0.39 is 10.0 Å². The molecule has 0 unspecified atom stereocenters. The molecule has 1 saturated heterocycles. The number of piperazine rings is 1. The Balaban J connectivity index is 1.45. The molecule has 132 valence electrons. The minimum Gasteiger partial charge on any atom is -0.336 e. The zero-order valence-corrected chi connectivity index (χ0v) is 14.3. The van der Waals surface area contributed by atoms with Crippen LogP contribution in [0.15, 0.2) is 30.6 Å². The molecule has 0 atom stereocenters. The first-order valence-corrected chi connectivity index (χ1v) is 9.68. The van der Waals surface area contributed by atoms with Gasteiger partial charge in [-0.1, -0.05) is 6.07 Å². The van der Waals surface area contributed by atoms with E-state index in [1.54, 1.807) is 23.1 Å². The molecular weight excluding hydrogens is 344 g/mol. The van der Waals surface area contributed by atoms with E-state index in [4.69, 9.17) is 0 Å². The quantitative estimate of drug-likeness (QED) is 0.753. The number of rotatable bonds is 4. The second kappa shape index (κ2) is 6.19. The molecule has 1 saturated carbocycles. The zero-order valence-electron chi connectivity index (χ0n) is 13.5. The highest BCUT2D eigenvalue weighted by atomic mass is 32.2. The predicted molar refractivity (Wildman–Crippen MR) is 88.6 cm³/mol. The maximum absolute atomic E-state index is 12.7. The Kier molecular flexibility index (Phi) is 4.00. The Morgan fingerprint density at radius 3 is 2.52 bits per heavy atom. The van der Waals surface area contributed by atoms with Gasteiger partial charge in [-0.05, 0) is 41.5 Å². The van der Waals surface area contributed by atoms with Crippen LogP contribution in [0.1, 0.15) is 23.2 Å². The molecule has 2 aliphatic rings. The van der Waals surface area contributed by atoms with Gasteiger partial charge in [0.15, 0.2) is 0 Å². The van der Waals surface area contributed by atoms with Gasteiger partial charge in [0.1, 0.15) is 6.33 Å². The fourth-order valence-electron chi connectivity index (χ4n) is 2.97. The summed E-state index contributed by atoms with van der Waals surface area (Å²) in [5, 5.41) is 10.8. The summed E-state index contributed by atoms with van der Waals surface area (Å²) in [4.78, 5) is 14.4. The van der Waals surface area contributed by atoms with Gasteiger partial charge in [-0.15, -0.1) is 5.10 Å². The molecule has 1 aliphatic heterocycles. The van der Waals surface area contributed by atoms with Gasteiger partial charge in [0.2, 0.25) is 10.0 Å². The molecule has 0 radical (unpaired) electrons. The van der Waals surface area contributed by atoms with Crippen molar-refractivity contribution in [2.24, 2.45) is 0 Å². The molecule has 9 nitrogen and oxygen atoms in total. The third-order valence-corrected chi connectivity index (χ3v) is 6.94. The van der Waals surface area contributed by atoms with E-state index in [0.29, 0.717) is 37.4 Å². The molecule has 2 aromatic rings. The molecule has 1 aromatic carbocycles. The molecule has 0 N–H and O–H groups in total. The number of amides is 1. The number of benzene rings is 1. The van der Waals surface area contributed by atoms with Crippen molar-refractivity contribution in [3.8, 4) is 5.69 Å². The van der Waals surface area contributed by atoms with Crippen LogP contribution in [0.5, 0.6) is 0 Å². The van der Waals surface area contributed by atoms with Gasteiger partial charge in [-0.2, -0.15) is 4.31 Å². The summed E-state index contributed by atoms with van der Waals surface area (Å²) in [6, 6.07) is 7.06. The third kappa shape index (κ3) is 3.14. The number of sulfonamides is 1. The molecule has 0 spiro atoms.